The van der Waals surface area contributed by atoms with Gasteiger partial charge in [0.05, 0.1) is 11.6 Å². The SMILES string of the molecule is COC1(C[C@H](C)N[C@@H]2CC(=O)N(C)[C@H]2c2cccnc2)CCC1. The van der Waals surface area contributed by atoms with Crippen molar-refractivity contribution in [3.05, 3.63) is 30.1 Å². The van der Waals surface area contributed by atoms with Crippen LogP contribution in [0.25, 0.3) is 0 Å². The lowest BCUT2D eigenvalue weighted by molar-refractivity contribution is -0.127. The number of carbonyl (C=O) groups is 1. The summed E-state index contributed by atoms with van der Waals surface area (Å²) in [5, 5.41) is 3.68. The fraction of sp³-hybridized carbons (Fsp3) is 0.667. The number of likely N-dealkylation sites (tertiary alicyclic amines) is 1. The molecule has 5 heteroatoms. The zero-order chi connectivity index (χ0) is 16.4. The van der Waals surface area contributed by atoms with Gasteiger partial charge >= 0.3 is 0 Å². The highest BCUT2D eigenvalue weighted by atomic mass is 16.5. The summed E-state index contributed by atoms with van der Waals surface area (Å²) in [5.74, 6) is 0.189. The smallest absolute Gasteiger partial charge is 0.224 e. The monoisotopic (exact) mass is 317 g/mol. The third-order valence-electron chi connectivity index (χ3n) is 5.49. The number of likely N-dealkylation sites (N-methyl/N-ethyl adjacent to an activating group) is 1. The average Bonchev–Trinajstić information content (AvgIpc) is 2.78. The molecule has 1 aromatic heterocycles. The molecule has 5 nitrogen and oxygen atoms in total. The number of amides is 1. The van der Waals surface area contributed by atoms with Gasteiger partial charge in [0.15, 0.2) is 0 Å². The van der Waals surface area contributed by atoms with Crippen LogP contribution in [0, 0.1) is 0 Å². The van der Waals surface area contributed by atoms with Gasteiger partial charge in [-0.05, 0) is 44.2 Å². The average molecular weight is 317 g/mol. The van der Waals surface area contributed by atoms with Crippen LogP contribution >= 0.6 is 0 Å². The Bertz CT molecular complexity index is 539. The molecule has 1 saturated carbocycles. The van der Waals surface area contributed by atoms with Crippen molar-refractivity contribution >= 4 is 5.91 Å². The fourth-order valence-electron chi connectivity index (χ4n) is 4.07. The Labute approximate surface area is 138 Å². The number of carbonyl (C=O) groups excluding carboxylic acids is 1. The standard InChI is InChI=1S/C18H27N3O2/c1-13(11-18(23-3)7-5-8-18)20-15-10-16(22)21(2)17(15)14-6-4-9-19-12-14/h4,6,9,12-13,15,17,20H,5,7-8,10-11H2,1-3H3/t13-,15+,17-/m0/s1. The molecule has 23 heavy (non-hydrogen) atoms. The third-order valence-corrected chi connectivity index (χ3v) is 5.49. The van der Waals surface area contributed by atoms with Crippen LogP contribution < -0.4 is 5.32 Å². The highest BCUT2D eigenvalue weighted by Crippen LogP contribution is 2.39. The first-order valence-electron chi connectivity index (χ1n) is 8.51. The van der Waals surface area contributed by atoms with Crippen molar-refractivity contribution in [3.63, 3.8) is 0 Å². The third kappa shape index (κ3) is 3.26. The van der Waals surface area contributed by atoms with Gasteiger partial charge in [-0.3, -0.25) is 9.78 Å². The minimum Gasteiger partial charge on any atom is -0.378 e. The summed E-state index contributed by atoms with van der Waals surface area (Å²) < 4.78 is 5.74. The van der Waals surface area contributed by atoms with E-state index in [2.05, 4.69) is 23.3 Å². The first kappa shape index (κ1) is 16.4. The Morgan fingerprint density at radius 1 is 1.52 bits per heavy atom. The van der Waals surface area contributed by atoms with Gasteiger partial charge in [0, 0.05) is 45.1 Å². The molecule has 0 unspecified atom stereocenters. The second-order valence-electron chi connectivity index (χ2n) is 7.06. The zero-order valence-corrected chi connectivity index (χ0v) is 14.3. The van der Waals surface area contributed by atoms with E-state index in [4.69, 9.17) is 4.74 Å². The molecule has 1 N–H and O–H groups in total. The lowest BCUT2D eigenvalue weighted by atomic mass is 9.75. The Morgan fingerprint density at radius 2 is 2.30 bits per heavy atom. The quantitative estimate of drug-likeness (QED) is 0.874. The maximum absolute atomic E-state index is 12.2. The topological polar surface area (TPSA) is 54.5 Å². The van der Waals surface area contributed by atoms with Gasteiger partial charge in [-0.15, -0.1) is 0 Å². The molecular formula is C18H27N3O2. The van der Waals surface area contributed by atoms with Gasteiger partial charge in [0.25, 0.3) is 0 Å². The summed E-state index contributed by atoms with van der Waals surface area (Å²) in [6, 6.07) is 4.48. The van der Waals surface area contributed by atoms with Crippen molar-refractivity contribution in [1.82, 2.24) is 15.2 Å². The second kappa shape index (κ2) is 6.57. The van der Waals surface area contributed by atoms with Crippen LogP contribution in [0.2, 0.25) is 0 Å². The second-order valence-corrected chi connectivity index (χ2v) is 7.06. The number of pyridine rings is 1. The molecule has 3 atom stereocenters. The Hall–Kier alpha value is -1.46. The molecule has 126 valence electrons. The van der Waals surface area contributed by atoms with Crippen LogP contribution in [-0.4, -0.2) is 47.6 Å². The van der Waals surface area contributed by atoms with E-state index in [1.54, 1.807) is 6.20 Å². The molecule has 2 aliphatic rings. The number of methoxy groups -OCH3 is 1. The maximum atomic E-state index is 12.2. The number of aromatic nitrogens is 1. The summed E-state index contributed by atoms with van der Waals surface area (Å²) in [5.41, 5.74) is 1.14. The van der Waals surface area contributed by atoms with Crippen molar-refractivity contribution in [2.45, 2.75) is 62.8 Å². The molecule has 2 fully saturated rings. The molecule has 2 heterocycles. The van der Waals surface area contributed by atoms with Gasteiger partial charge in [-0.2, -0.15) is 0 Å². The molecule has 1 amide bonds. The van der Waals surface area contributed by atoms with Gasteiger partial charge in [-0.25, -0.2) is 0 Å². The van der Waals surface area contributed by atoms with Crippen molar-refractivity contribution in [3.8, 4) is 0 Å². The van der Waals surface area contributed by atoms with Crippen molar-refractivity contribution in [2.75, 3.05) is 14.2 Å². The summed E-state index contributed by atoms with van der Waals surface area (Å²) in [6.45, 7) is 2.20. The van der Waals surface area contributed by atoms with E-state index < -0.39 is 0 Å². The summed E-state index contributed by atoms with van der Waals surface area (Å²) in [6.07, 6.45) is 8.71. The van der Waals surface area contributed by atoms with Crippen LogP contribution in [0.1, 0.15) is 50.6 Å². The van der Waals surface area contributed by atoms with Crippen molar-refractivity contribution in [2.24, 2.45) is 0 Å². The summed E-state index contributed by atoms with van der Waals surface area (Å²) in [7, 11) is 3.70. The number of rotatable bonds is 6. The molecule has 1 saturated heterocycles. The number of nitrogens with one attached hydrogen (secondary N) is 1. The number of nitrogens with zero attached hydrogens (tertiary/aromatic N) is 2. The van der Waals surface area contributed by atoms with Crippen LogP contribution in [-0.2, 0) is 9.53 Å². The number of ether oxygens (including phenoxy) is 1. The molecular weight excluding hydrogens is 290 g/mol. The normalized spacial score (nSPS) is 27.8. The van der Waals surface area contributed by atoms with Crippen LogP contribution in [0.15, 0.2) is 24.5 Å². The predicted octanol–water partition coefficient (Wildman–Crippen LogP) is 2.29. The van der Waals surface area contributed by atoms with Crippen molar-refractivity contribution < 1.29 is 9.53 Å². The fourth-order valence-corrected chi connectivity index (χ4v) is 4.07. The van der Waals surface area contributed by atoms with E-state index in [9.17, 15) is 4.79 Å². The Balaban J connectivity index is 1.69. The summed E-state index contributed by atoms with van der Waals surface area (Å²) in [4.78, 5) is 18.3. The number of hydrogen-bond donors (Lipinski definition) is 1. The first-order chi connectivity index (χ1) is 11.0. The van der Waals surface area contributed by atoms with Crippen LogP contribution in [0.4, 0.5) is 0 Å². The van der Waals surface area contributed by atoms with E-state index >= 15 is 0 Å². The Kier molecular flexibility index (Phi) is 4.69. The van der Waals surface area contributed by atoms with Crippen molar-refractivity contribution in [1.29, 1.82) is 0 Å². The first-order valence-corrected chi connectivity index (χ1v) is 8.51. The van der Waals surface area contributed by atoms with Crippen LogP contribution in [0.3, 0.4) is 0 Å². The minimum atomic E-state index is 0.0464. The van der Waals surface area contributed by atoms with Gasteiger partial charge in [0.2, 0.25) is 5.91 Å². The van der Waals surface area contributed by atoms with E-state index in [1.807, 2.05) is 31.3 Å². The highest BCUT2D eigenvalue weighted by molar-refractivity contribution is 5.80. The highest BCUT2D eigenvalue weighted by Gasteiger charge is 2.42. The Morgan fingerprint density at radius 3 is 2.87 bits per heavy atom. The molecule has 0 radical (unpaired) electrons. The largest absolute Gasteiger partial charge is 0.378 e. The predicted molar refractivity (Wildman–Crippen MR) is 89.0 cm³/mol. The molecule has 1 aliphatic heterocycles. The van der Waals surface area contributed by atoms with Gasteiger partial charge in [-0.1, -0.05) is 6.07 Å². The van der Waals surface area contributed by atoms with E-state index in [-0.39, 0.29) is 23.6 Å². The number of hydrogen-bond acceptors (Lipinski definition) is 4. The molecule has 0 bridgehead atoms. The molecule has 0 spiro atoms. The lowest BCUT2D eigenvalue weighted by Crippen LogP contribution is -2.48. The maximum Gasteiger partial charge on any atom is 0.224 e. The molecule has 1 aromatic rings. The van der Waals surface area contributed by atoms with Gasteiger partial charge in [0.1, 0.15) is 0 Å². The molecule has 1 aliphatic carbocycles. The molecule has 3 rings (SSSR count). The van der Waals surface area contributed by atoms with E-state index in [0.29, 0.717) is 12.5 Å². The summed E-state index contributed by atoms with van der Waals surface area (Å²) >= 11 is 0. The lowest BCUT2D eigenvalue weighted by Gasteiger charge is -2.43. The minimum absolute atomic E-state index is 0.0464. The zero-order valence-electron chi connectivity index (χ0n) is 14.3. The van der Waals surface area contributed by atoms with Gasteiger partial charge < -0.3 is 15.0 Å². The van der Waals surface area contributed by atoms with Crippen LogP contribution in [0.5, 0.6) is 0 Å². The molecule has 0 aromatic carbocycles. The van der Waals surface area contributed by atoms with E-state index in [1.165, 1.54) is 6.42 Å². The van der Waals surface area contributed by atoms with E-state index in [0.717, 1.165) is 24.8 Å².